The third-order valence-corrected chi connectivity index (χ3v) is 5.12. The lowest BCUT2D eigenvalue weighted by Crippen LogP contribution is -2.26. The van der Waals surface area contributed by atoms with Crippen molar-refractivity contribution in [1.82, 2.24) is 4.72 Å². The van der Waals surface area contributed by atoms with Crippen LogP contribution in [-0.2, 0) is 16.4 Å². The number of hydrogen-bond donors (Lipinski definition) is 2. The smallest absolute Gasteiger partial charge is 0.240 e. The van der Waals surface area contributed by atoms with Gasteiger partial charge in [0.15, 0.2) is 0 Å². The molecule has 0 aliphatic heterocycles. The van der Waals surface area contributed by atoms with Crippen LogP contribution in [0.25, 0.3) is 0 Å². The van der Waals surface area contributed by atoms with Crippen LogP contribution in [0.1, 0.15) is 11.1 Å². The fourth-order valence-corrected chi connectivity index (χ4v) is 3.54. The largest absolute Gasteiger partial charge is 0.399 e. The number of nitrogen functional groups attached to an aromatic ring is 1. The van der Waals surface area contributed by atoms with Gasteiger partial charge in [0.25, 0.3) is 0 Å². The molecular formula is C15H17ClN2O2S. The van der Waals surface area contributed by atoms with Gasteiger partial charge in [0, 0.05) is 17.3 Å². The van der Waals surface area contributed by atoms with Crippen LogP contribution in [0.4, 0.5) is 5.69 Å². The molecule has 0 spiro atoms. The van der Waals surface area contributed by atoms with Crippen LogP contribution in [0, 0.1) is 6.92 Å². The summed E-state index contributed by atoms with van der Waals surface area (Å²) in [7, 11) is -3.57. The Hall–Kier alpha value is -1.56. The summed E-state index contributed by atoms with van der Waals surface area (Å²) in [5, 5.41) is 0.636. The minimum atomic E-state index is -3.57. The van der Waals surface area contributed by atoms with E-state index < -0.39 is 10.0 Å². The number of benzene rings is 2. The molecule has 2 aromatic rings. The van der Waals surface area contributed by atoms with Crippen LogP contribution in [0.15, 0.2) is 47.4 Å². The van der Waals surface area contributed by atoms with Crippen LogP contribution in [-0.4, -0.2) is 15.0 Å². The number of sulfonamides is 1. The van der Waals surface area contributed by atoms with Crippen molar-refractivity contribution in [3.05, 3.63) is 58.6 Å². The van der Waals surface area contributed by atoms with Gasteiger partial charge in [0.1, 0.15) is 0 Å². The molecule has 3 N–H and O–H groups in total. The molecule has 0 radical (unpaired) electrons. The highest BCUT2D eigenvalue weighted by Gasteiger charge is 2.16. The first-order valence-electron chi connectivity index (χ1n) is 6.49. The zero-order valence-corrected chi connectivity index (χ0v) is 13.2. The maximum Gasteiger partial charge on any atom is 0.240 e. The number of nitrogens with one attached hydrogen (secondary N) is 1. The Labute approximate surface area is 130 Å². The van der Waals surface area contributed by atoms with E-state index in [9.17, 15) is 8.42 Å². The fourth-order valence-electron chi connectivity index (χ4n) is 2.01. The Morgan fingerprint density at radius 2 is 1.90 bits per heavy atom. The Balaban J connectivity index is 2.08. The molecule has 112 valence electrons. The molecule has 21 heavy (non-hydrogen) atoms. The maximum absolute atomic E-state index is 12.3. The molecule has 0 aliphatic rings. The molecule has 0 aliphatic carbocycles. The zero-order chi connectivity index (χ0) is 15.5. The lowest BCUT2D eigenvalue weighted by atomic mass is 10.1. The highest BCUT2D eigenvalue weighted by Crippen LogP contribution is 2.19. The van der Waals surface area contributed by atoms with Crippen molar-refractivity contribution in [2.24, 2.45) is 0 Å². The minimum Gasteiger partial charge on any atom is -0.399 e. The molecular weight excluding hydrogens is 308 g/mol. The Morgan fingerprint density at radius 1 is 1.19 bits per heavy atom. The summed E-state index contributed by atoms with van der Waals surface area (Å²) in [6.45, 7) is 2.02. The third-order valence-electron chi connectivity index (χ3n) is 3.15. The van der Waals surface area contributed by atoms with Gasteiger partial charge in [-0.25, -0.2) is 13.1 Å². The average molecular weight is 325 g/mol. The van der Waals surface area contributed by atoms with E-state index >= 15 is 0 Å². The Bertz CT molecular complexity index is 745. The van der Waals surface area contributed by atoms with Gasteiger partial charge < -0.3 is 5.73 Å². The third kappa shape index (κ3) is 3.97. The van der Waals surface area contributed by atoms with Gasteiger partial charge in [-0.3, -0.25) is 0 Å². The molecule has 0 bridgehead atoms. The van der Waals surface area contributed by atoms with Crippen molar-refractivity contribution in [1.29, 1.82) is 0 Å². The number of nitrogens with two attached hydrogens (primary N) is 1. The highest BCUT2D eigenvalue weighted by atomic mass is 35.5. The Morgan fingerprint density at radius 3 is 2.62 bits per heavy atom. The van der Waals surface area contributed by atoms with Crippen molar-refractivity contribution in [2.45, 2.75) is 18.2 Å². The topological polar surface area (TPSA) is 72.2 Å². The highest BCUT2D eigenvalue weighted by molar-refractivity contribution is 7.89. The molecule has 0 atom stereocenters. The van der Waals surface area contributed by atoms with E-state index in [1.807, 2.05) is 18.2 Å². The lowest BCUT2D eigenvalue weighted by molar-refractivity contribution is 0.581. The summed E-state index contributed by atoms with van der Waals surface area (Å²) >= 11 is 6.04. The van der Waals surface area contributed by atoms with Gasteiger partial charge >= 0.3 is 0 Å². The monoisotopic (exact) mass is 324 g/mol. The van der Waals surface area contributed by atoms with E-state index in [0.717, 1.165) is 5.56 Å². The van der Waals surface area contributed by atoms with Crippen molar-refractivity contribution < 1.29 is 8.42 Å². The van der Waals surface area contributed by atoms with E-state index in [1.165, 1.54) is 6.07 Å². The predicted molar refractivity (Wildman–Crippen MR) is 85.9 cm³/mol. The lowest BCUT2D eigenvalue weighted by Gasteiger charge is -2.10. The second-order valence-corrected chi connectivity index (χ2v) is 6.91. The summed E-state index contributed by atoms with van der Waals surface area (Å²) in [5.74, 6) is 0. The number of halogens is 1. The molecule has 0 saturated heterocycles. The van der Waals surface area contributed by atoms with E-state index in [-0.39, 0.29) is 11.4 Å². The first kappa shape index (κ1) is 15.8. The number of aryl methyl sites for hydroxylation is 1. The van der Waals surface area contributed by atoms with Gasteiger partial charge in [-0.15, -0.1) is 0 Å². The molecule has 0 amide bonds. The van der Waals surface area contributed by atoms with Gasteiger partial charge in [0.05, 0.1) is 4.90 Å². The normalized spacial score (nSPS) is 11.5. The van der Waals surface area contributed by atoms with Gasteiger partial charge in [-0.1, -0.05) is 35.9 Å². The standard InChI is InChI=1S/C15H17ClN2O2S/c1-11-6-7-13(17)10-15(11)21(19,20)18-9-8-12-4-2-3-5-14(12)16/h2-7,10,18H,8-9,17H2,1H3. The van der Waals surface area contributed by atoms with E-state index in [0.29, 0.717) is 22.7 Å². The van der Waals surface area contributed by atoms with Crippen LogP contribution < -0.4 is 10.5 Å². The SMILES string of the molecule is Cc1ccc(N)cc1S(=O)(=O)NCCc1ccccc1Cl. The zero-order valence-electron chi connectivity index (χ0n) is 11.6. The summed E-state index contributed by atoms with van der Waals surface area (Å²) in [4.78, 5) is 0.210. The molecule has 0 unspecified atom stereocenters. The van der Waals surface area contributed by atoms with Crippen molar-refractivity contribution in [3.8, 4) is 0 Å². The van der Waals surface area contributed by atoms with Crippen molar-refractivity contribution in [2.75, 3.05) is 12.3 Å². The van der Waals surface area contributed by atoms with Crippen LogP contribution in [0.3, 0.4) is 0 Å². The van der Waals surface area contributed by atoms with E-state index in [1.54, 1.807) is 25.1 Å². The summed E-state index contributed by atoms with van der Waals surface area (Å²) in [5.41, 5.74) is 7.65. The molecule has 0 heterocycles. The second-order valence-electron chi connectivity index (χ2n) is 4.76. The molecule has 0 saturated carbocycles. The first-order valence-corrected chi connectivity index (χ1v) is 8.35. The van der Waals surface area contributed by atoms with Crippen LogP contribution in [0.5, 0.6) is 0 Å². The fraction of sp³-hybridized carbons (Fsp3) is 0.200. The van der Waals surface area contributed by atoms with E-state index in [2.05, 4.69) is 4.72 Å². The summed E-state index contributed by atoms with van der Waals surface area (Å²) < 4.78 is 27.1. The first-order chi connectivity index (χ1) is 9.90. The van der Waals surface area contributed by atoms with Crippen molar-refractivity contribution in [3.63, 3.8) is 0 Å². The maximum atomic E-state index is 12.3. The average Bonchev–Trinajstić information content (AvgIpc) is 2.43. The molecule has 0 fully saturated rings. The molecule has 4 nitrogen and oxygen atoms in total. The van der Waals surface area contributed by atoms with Gasteiger partial charge in [0.2, 0.25) is 10.0 Å². The van der Waals surface area contributed by atoms with Gasteiger partial charge in [-0.05, 0) is 42.7 Å². The van der Waals surface area contributed by atoms with Gasteiger partial charge in [-0.2, -0.15) is 0 Å². The second kappa shape index (κ2) is 6.47. The number of hydrogen-bond acceptors (Lipinski definition) is 3. The molecule has 0 aromatic heterocycles. The summed E-state index contributed by atoms with van der Waals surface area (Å²) in [6, 6.07) is 12.2. The van der Waals surface area contributed by atoms with Crippen LogP contribution >= 0.6 is 11.6 Å². The number of rotatable bonds is 5. The quantitative estimate of drug-likeness (QED) is 0.831. The molecule has 2 aromatic carbocycles. The summed E-state index contributed by atoms with van der Waals surface area (Å²) in [6.07, 6.45) is 0.528. The van der Waals surface area contributed by atoms with E-state index in [4.69, 9.17) is 17.3 Å². The number of anilines is 1. The van der Waals surface area contributed by atoms with Crippen molar-refractivity contribution >= 4 is 27.3 Å². The Kier molecular flexibility index (Phi) is 4.88. The minimum absolute atomic E-state index is 0.210. The molecule has 2 rings (SSSR count). The predicted octanol–water partition coefficient (Wildman–Crippen LogP) is 2.75. The molecule has 6 heteroatoms. The van der Waals surface area contributed by atoms with Crippen LogP contribution in [0.2, 0.25) is 5.02 Å².